The first-order valence-electron chi connectivity index (χ1n) is 4.26. The van der Waals surface area contributed by atoms with Gasteiger partial charge in [0.15, 0.2) is 0 Å². The molecule has 3 nitrogen and oxygen atoms in total. The highest BCUT2D eigenvalue weighted by molar-refractivity contribution is 5.54. The van der Waals surface area contributed by atoms with Crippen LogP contribution >= 0.6 is 0 Å². The van der Waals surface area contributed by atoms with Gasteiger partial charge in [-0.05, 0) is 25.5 Å². The zero-order valence-electron chi connectivity index (χ0n) is 7.86. The molecule has 70 valence electrons. The van der Waals surface area contributed by atoms with E-state index in [1.807, 2.05) is 19.9 Å². The molecule has 0 fully saturated rings. The molecule has 0 atom stereocenters. The molecule has 0 N–H and O–H groups in total. The number of hydrogen-bond donors (Lipinski definition) is 0. The summed E-state index contributed by atoms with van der Waals surface area (Å²) >= 11 is 0. The molecule has 0 spiro atoms. The van der Waals surface area contributed by atoms with E-state index in [4.69, 9.17) is 4.74 Å². The number of carbonyl (C=O) groups excluding carboxylic acids is 1. The lowest BCUT2D eigenvalue weighted by Gasteiger charge is -2.09. The van der Waals surface area contributed by atoms with E-state index < -0.39 is 0 Å². The van der Waals surface area contributed by atoms with Crippen LogP contribution in [0.25, 0.3) is 0 Å². The van der Waals surface area contributed by atoms with Crippen LogP contribution in [0.1, 0.15) is 19.4 Å². The predicted molar refractivity (Wildman–Crippen MR) is 49.8 cm³/mol. The predicted octanol–water partition coefficient (Wildman–Crippen LogP) is 1.61. The third kappa shape index (κ3) is 3.23. The highest BCUT2D eigenvalue weighted by Crippen LogP contribution is 2.12. The standard InChI is InChI=1S/C10H13NO2/c1-8(2)13-10-5-9(3-4-12)6-11-7-10/h4-8H,3H2,1-2H3. The van der Waals surface area contributed by atoms with Gasteiger partial charge in [0.05, 0.1) is 12.3 Å². The molecular weight excluding hydrogens is 166 g/mol. The summed E-state index contributed by atoms with van der Waals surface area (Å²) in [6.07, 6.45) is 4.70. The Morgan fingerprint density at radius 2 is 2.31 bits per heavy atom. The Kier molecular flexibility index (Phi) is 3.43. The number of hydrogen-bond acceptors (Lipinski definition) is 3. The largest absolute Gasteiger partial charge is 0.489 e. The molecule has 0 amide bonds. The van der Waals surface area contributed by atoms with Gasteiger partial charge in [-0.3, -0.25) is 4.98 Å². The lowest BCUT2D eigenvalue weighted by atomic mass is 10.2. The van der Waals surface area contributed by atoms with E-state index in [-0.39, 0.29) is 6.10 Å². The minimum Gasteiger partial charge on any atom is -0.489 e. The molecule has 0 aromatic carbocycles. The molecule has 0 aliphatic heterocycles. The van der Waals surface area contributed by atoms with Crippen molar-refractivity contribution in [2.45, 2.75) is 26.4 Å². The van der Waals surface area contributed by atoms with E-state index >= 15 is 0 Å². The fraction of sp³-hybridized carbons (Fsp3) is 0.400. The first-order valence-corrected chi connectivity index (χ1v) is 4.26. The molecule has 0 aliphatic rings. The van der Waals surface area contributed by atoms with Crippen LogP contribution in [0.4, 0.5) is 0 Å². The van der Waals surface area contributed by atoms with Crippen LogP contribution < -0.4 is 4.74 Å². The third-order valence-corrected chi connectivity index (χ3v) is 1.46. The van der Waals surface area contributed by atoms with Gasteiger partial charge in [-0.15, -0.1) is 0 Å². The molecule has 1 aromatic heterocycles. The fourth-order valence-corrected chi connectivity index (χ4v) is 1.01. The number of rotatable bonds is 4. The second kappa shape index (κ2) is 4.60. The van der Waals surface area contributed by atoms with Crippen LogP contribution in [0.3, 0.4) is 0 Å². The number of pyridine rings is 1. The van der Waals surface area contributed by atoms with E-state index in [1.54, 1.807) is 12.4 Å². The number of nitrogens with zero attached hydrogens (tertiary/aromatic N) is 1. The summed E-state index contributed by atoms with van der Waals surface area (Å²) in [6, 6.07) is 1.83. The Balaban J connectivity index is 2.72. The Morgan fingerprint density at radius 3 is 2.92 bits per heavy atom. The van der Waals surface area contributed by atoms with Crippen LogP contribution in [0.5, 0.6) is 5.75 Å². The van der Waals surface area contributed by atoms with Gasteiger partial charge in [0.2, 0.25) is 0 Å². The smallest absolute Gasteiger partial charge is 0.138 e. The number of ether oxygens (including phenoxy) is 1. The van der Waals surface area contributed by atoms with Gasteiger partial charge in [0.1, 0.15) is 12.0 Å². The molecule has 1 heterocycles. The molecule has 0 radical (unpaired) electrons. The molecular formula is C10H13NO2. The summed E-state index contributed by atoms with van der Waals surface area (Å²) in [5.41, 5.74) is 0.883. The van der Waals surface area contributed by atoms with Gasteiger partial charge in [0, 0.05) is 12.6 Å². The Hall–Kier alpha value is -1.38. The Bertz CT molecular complexity index is 284. The normalized spacial score (nSPS) is 10.1. The van der Waals surface area contributed by atoms with E-state index in [1.165, 1.54) is 0 Å². The molecule has 3 heteroatoms. The summed E-state index contributed by atoms with van der Waals surface area (Å²) in [4.78, 5) is 14.2. The van der Waals surface area contributed by atoms with Crippen molar-refractivity contribution < 1.29 is 9.53 Å². The molecule has 0 saturated carbocycles. The van der Waals surface area contributed by atoms with Crippen molar-refractivity contribution in [1.29, 1.82) is 0 Å². The maximum Gasteiger partial charge on any atom is 0.138 e. The van der Waals surface area contributed by atoms with Crippen molar-refractivity contribution in [2.75, 3.05) is 0 Å². The Labute approximate surface area is 77.8 Å². The highest BCUT2D eigenvalue weighted by atomic mass is 16.5. The zero-order chi connectivity index (χ0) is 9.68. The average molecular weight is 179 g/mol. The number of aldehydes is 1. The average Bonchev–Trinajstić information content (AvgIpc) is 2.04. The summed E-state index contributed by atoms with van der Waals surface area (Å²) in [7, 11) is 0. The Morgan fingerprint density at radius 1 is 1.54 bits per heavy atom. The maximum absolute atomic E-state index is 10.2. The quantitative estimate of drug-likeness (QED) is 0.659. The van der Waals surface area contributed by atoms with Gasteiger partial charge in [-0.25, -0.2) is 0 Å². The second-order valence-corrected chi connectivity index (χ2v) is 3.07. The van der Waals surface area contributed by atoms with Crippen molar-refractivity contribution in [3.05, 3.63) is 24.0 Å². The van der Waals surface area contributed by atoms with Gasteiger partial charge < -0.3 is 9.53 Å². The van der Waals surface area contributed by atoms with Crippen molar-refractivity contribution in [3.63, 3.8) is 0 Å². The molecule has 0 aliphatic carbocycles. The van der Waals surface area contributed by atoms with E-state index in [9.17, 15) is 4.79 Å². The topological polar surface area (TPSA) is 39.2 Å². The van der Waals surface area contributed by atoms with Crippen LogP contribution in [0, 0.1) is 0 Å². The van der Waals surface area contributed by atoms with Crippen LogP contribution in [-0.2, 0) is 11.2 Å². The van der Waals surface area contributed by atoms with Crippen molar-refractivity contribution in [3.8, 4) is 5.75 Å². The van der Waals surface area contributed by atoms with Gasteiger partial charge >= 0.3 is 0 Å². The first-order chi connectivity index (χ1) is 6.22. The molecule has 13 heavy (non-hydrogen) atoms. The lowest BCUT2D eigenvalue weighted by Crippen LogP contribution is -2.06. The van der Waals surface area contributed by atoms with Crippen molar-refractivity contribution >= 4 is 6.29 Å². The van der Waals surface area contributed by atoms with Crippen LogP contribution in [-0.4, -0.2) is 17.4 Å². The molecule has 0 saturated heterocycles. The zero-order valence-corrected chi connectivity index (χ0v) is 7.86. The summed E-state index contributed by atoms with van der Waals surface area (Å²) in [5, 5.41) is 0. The molecule has 1 aromatic rings. The van der Waals surface area contributed by atoms with Crippen molar-refractivity contribution in [2.24, 2.45) is 0 Å². The van der Waals surface area contributed by atoms with Crippen molar-refractivity contribution in [1.82, 2.24) is 4.98 Å². The second-order valence-electron chi connectivity index (χ2n) is 3.07. The molecule has 0 unspecified atom stereocenters. The maximum atomic E-state index is 10.2. The van der Waals surface area contributed by atoms with Crippen LogP contribution in [0.2, 0.25) is 0 Å². The van der Waals surface area contributed by atoms with Gasteiger partial charge in [-0.2, -0.15) is 0 Å². The summed E-state index contributed by atoms with van der Waals surface area (Å²) in [5.74, 6) is 0.717. The van der Waals surface area contributed by atoms with E-state index in [2.05, 4.69) is 4.98 Å². The lowest BCUT2D eigenvalue weighted by molar-refractivity contribution is -0.107. The monoisotopic (exact) mass is 179 g/mol. The third-order valence-electron chi connectivity index (χ3n) is 1.46. The number of carbonyl (C=O) groups is 1. The van der Waals surface area contributed by atoms with Crippen LogP contribution in [0.15, 0.2) is 18.5 Å². The fourth-order valence-electron chi connectivity index (χ4n) is 1.01. The van der Waals surface area contributed by atoms with E-state index in [0.717, 1.165) is 11.8 Å². The van der Waals surface area contributed by atoms with E-state index in [0.29, 0.717) is 12.2 Å². The summed E-state index contributed by atoms with van der Waals surface area (Å²) < 4.78 is 5.42. The minimum atomic E-state index is 0.133. The molecule has 0 bridgehead atoms. The SMILES string of the molecule is CC(C)Oc1cncc(CC=O)c1. The minimum absolute atomic E-state index is 0.133. The van der Waals surface area contributed by atoms with Gasteiger partial charge in [0.25, 0.3) is 0 Å². The molecule has 1 rings (SSSR count). The number of aromatic nitrogens is 1. The summed E-state index contributed by atoms with van der Waals surface area (Å²) in [6.45, 7) is 3.90. The highest BCUT2D eigenvalue weighted by Gasteiger charge is 1.99. The first kappa shape index (κ1) is 9.71. The van der Waals surface area contributed by atoms with Gasteiger partial charge in [-0.1, -0.05) is 0 Å².